The van der Waals surface area contributed by atoms with Gasteiger partial charge in [0, 0.05) is 44.3 Å². The van der Waals surface area contributed by atoms with E-state index in [2.05, 4.69) is 17.0 Å². The van der Waals surface area contributed by atoms with Crippen LogP contribution in [-0.4, -0.2) is 74.4 Å². The summed E-state index contributed by atoms with van der Waals surface area (Å²) in [4.78, 5) is 17.1. The van der Waals surface area contributed by atoms with Crippen LogP contribution in [-0.2, 0) is 32.6 Å². The molecule has 192 valence electrons. The molecule has 0 atom stereocenters. The molecule has 0 aromatic heterocycles. The number of fused-ring (bicyclic) bond motifs is 1. The number of benzene rings is 3. The fraction of sp³-hybridized carbons (Fsp3) is 0.346. The second-order valence-corrected chi connectivity index (χ2v) is 11.4. The molecule has 0 aliphatic carbocycles. The summed E-state index contributed by atoms with van der Waals surface area (Å²) >= 11 is 6.03. The zero-order chi connectivity index (χ0) is 24.4. The summed E-state index contributed by atoms with van der Waals surface area (Å²) in [5.41, 5.74) is 2.27. The molecule has 2 saturated heterocycles. The maximum atomic E-state index is 13.2. The van der Waals surface area contributed by atoms with Crippen molar-refractivity contribution in [3.8, 4) is 0 Å². The van der Waals surface area contributed by atoms with Gasteiger partial charge in [-0.05, 0) is 46.2 Å². The van der Waals surface area contributed by atoms with Gasteiger partial charge in [0.1, 0.15) is 0 Å². The maximum Gasteiger partial charge on any atom is 0.243 e. The Hall–Kier alpha value is -2.20. The number of halogens is 2. The molecule has 0 bridgehead atoms. The molecule has 0 N–H and O–H groups in total. The minimum Gasteiger partial charge on any atom is -0.379 e. The highest BCUT2D eigenvalue weighted by Gasteiger charge is 2.33. The van der Waals surface area contributed by atoms with Gasteiger partial charge in [-0.15, -0.1) is 12.4 Å². The van der Waals surface area contributed by atoms with Crippen LogP contribution >= 0.6 is 24.0 Å². The fourth-order valence-electron chi connectivity index (χ4n) is 4.55. The second-order valence-electron chi connectivity index (χ2n) is 9.01. The van der Waals surface area contributed by atoms with Gasteiger partial charge in [-0.2, -0.15) is 4.31 Å². The van der Waals surface area contributed by atoms with Crippen LogP contribution < -0.4 is 0 Å². The van der Waals surface area contributed by atoms with E-state index in [1.807, 2.05) is 12.1 Å². The van der Waals surface area contributed by atoms with Gasteiger partial charge in [0.25, 0.3) is 0 Å². The first-order chi connectivity index (χ1) is 16.9. The van der Waals surface area contributed by atoms with Gasteiger partial charge in [0.05, 0.1) is 24.7 Å². The Morgan fingerprint density at radius 2 is 1.44 bits per heavy atom. The van der Waals surface area contributed by atoms with Gasteiger partial charge >= 0.3 is 0 Å². The van der Waals surface area contributed by atoms with Crippen molar-refractivity contribution in [2.75, 3.05) is 45.9 Å². The van der Waals surface area contributed by atoms with Crippen LogP contribution in [0.5, 0.6) is 0 Å². The number of hydrogen-bond donors (Lipinski definition) is 0. The van der Waals surface area contributed by atoms with Gasteiger partial charge < -0.3 is 9.64 Å². The van der Waals surface area contributed by atoms with Crippen molar-refractivity contribution in [3.63, 3.8) is 0 Å². The number of carbonyl (C=O) groups is 1. The van der Waals surface area contributed by atoms with E-state index < -0.39 is 10.0 Å². The molecule has 5 rings (SSSR count). The predicted octanol–water partition coefficient (Wildman–Crippen LogP) is 3.78. The molecule has 36 heavy (non-hydrogen) atoms. The normalized spacial score (nSPS) is 17.8. The van der Waals surface area contributed by atoms with E-state index in [4.69, 9.17) is 16.3 Å². The fourth-order valence-corrected chi connectivity index (χ4v) is 6.15. The van der Waals surface area contributed by atoms with Gasteiger partial charge in [-0.3, -0.25) is 9.69 Å². The Labute approximate surface area is 223 Å². The summed E-state index contributed by atoms with van der Waals surface area (Å²) in [5.74, 6) is -0.190. The minimum absolute atomic E-state index is 0. The van der Waals surface area contributed by atoms with Crippen molar-refractivity contribution in [1.29, 1.82) is 0 Å². The number of hydrogen-bond acceptors (Lipinski definition) is 5. The largest absolute Gasteiger partial charge is 0.379 e. The first-order valence-electron chi connectivity index (χ1n) is 11.7. The molecule has 0 saturated carbocycles. The van der Waals surface area contributed by atoms with Gasteiger partial charge in [0.2, 0.25) is 15.9 Å². The standard InChI is InChI=1S/C26H28ClN3O4S.ClH/c27-24-7-5-23-16-25(8-6-22(23)15-24)35(32,33)30-10-9-29(26(31)19-30)18-21-3-1-20(2-4-21)17-28-11-13-34-14-12-28;/h1-8,15-16H,9-14,17-19H2;1H. The first-order valence-corrected chi connectivity index (χ1v) is 13.6. The van der Waals surface area contributed by atoms with Gasteiger partial charge in [-0.1, -0.05) is 48.0 Å². The van der Waals surface area contributed by atoms with Crippen LogP contribution in [0.25, 0.3) is 10.8 Å². The molecule has 1 amide bonds. The Balaban J connectivity index is 0.00000304. The third kappa shape index (κ3) is 6.02. The lowest BCUT2D eigenvalue weighted by atomic mass is 10.1. The Morgan fingerprint density at radius 1 is 0.806 bits per heavy atom. The number of ether oxygens (including phenoxy) is 1. The monoisotopic (exact) mass is 549 g/mol. The summed E-state index contributed by atoms with van der Waals surface area (Å²) in [5, 5.41) is 2.26. The van der Waals surface area contributed by atoms with Crippen molar-refractivity contribution in [3.05, 3.63) is 76.8 Å². The number of carbonyl (C=O) groups excluding carboxylic acids is 1. The molecule has 7 nitrogen and oxygen atoms in total. The summed E-state index contributed by atoms with van der Waals surface area (Å²) in [7, 11) is -3.77. The molecular formula is C26H29Cl2N3O4S. The van der Waals surface area contributed by atoms with Crippen molar-refractivity contribution >= 4 is 50.7 Å². The van der Waals surface area contributed by atoms with Crippen LogP contribution in [0, 0.1) is 0 Å². The van der Waals surface area contributed by atoms with E-state index >= 15 is 0 Å². The van der Waals surface area contributed by atoms with E-state index in [1.54, 1.807) is 41.3 Å². The predicted molar refractivity (Wildman–Crippen MR) is 143 cm³/mol. The number of sulfonamides is 1. The van der Waals surface area contributed by atoms with Crippen molar-refractivity contribution in [1.82, 2.24) is 14.1 Å². The number of morpholine rings is 1. The molecule has 0 unspecified atom stereocenters. The third-order valence-electron chi connectivity index (χ3n) is 6.60. The van der Waals surface area contributed by atoms with Crippen molar-refractivity contribution in [2.45, 2.75) is 18.0 Å². The second kappa shape index (κ2) is 11.5. The average molecular weight is 551 g/mol. The molecular weight excluding hydrogens is 521 g/mol. The minimum atomic E-state index is -3.77. The molecule has 0 radical (unpaired) electrons. The van der Waals surface area contributed by atoms with Crippen LogP contribution in [0.1, 0.15) is 11.1 Å². The molecule has 2 heterocycles. The SMILES string of the molecule is Cl.O=C1CN(S(=O)(=O)c2ccc3cc(Cl)ccc3c2)CCN1Cc1ccc(CN2CCOCC2)cc1. The zero-order valence-corrected chi connectivity index (χ0v) is 22.2. The van der Waals surface area contributed by atoms with Crippen LogP contribution in [0.3, 0.4) is 0 Å². The Bertz CT molecular complexity index is 1330. The Kier molecular flexibility index (Phi) is 8.55. The highest BCUT2D eigenvalue weighted by Crippen LogP contribution is 2.25. The average Bonchev–Trinajstić information content (AvgIpc) is 2.86. The van der Waals surface area contributed by atoms with Crippen molar-refractivity contribution in [2.24, 2.45) is 0 Å². The summed E-state index contributed by atoms with van der Waals surface area (Å²) in [6.45, 7) is 5.26. The summed E-state index contributed by atoms with van der Waals surface area (Å²) in [6, 6.07) is 18.6. The van der Waals surface area contributed by atoms with E-state index in [-0.39, 0.29) is 36.3 Å². The molecule has 3 aromatic carbocycles. The highest BCUT2D eigenvalue weighted by atomic mass is 35.5. The van der Waals surface area contributed by atoms with Crippen LogP contribution in [0.4, 0.5) is 0 Å². The topological polar surface area (TPSA) is 70.2 Å². The maximum absolute atomic E-state index is 13.2. The van der Waals surface area contributed by atoms with E-state index in [0.717, 1.165) is 49.2 Å². The Morgan fingerprint density at radius 3 is 2.14 bits per heavy atom. The zero-order valence-electron chi connectivity index (χ0n) is 19.8. The molecule has 2 aliphatic heterocycles. The van der Waals surface area contributed by atoms with Gasteiger partial charge in [0.15, 0.2) is 0 Å². The van der Waals surface area contributed by atoms with Gasteiger partial charge in [-0.25, -0.2) is 8.42 Å². The number of nitrogens with zero attached hydrogens (tertiary/aromatic N) is 3. The molecule has 3 aromatic rings. The lowest BCUT2D eigenvalue weighted by Crippen LogP contribution is -2.51. The smallest absolute Gasteiger partial charge is 0.243 e. The summed E-state index contributed by atoms with van der Waals surface area (Å²) in [6.07, 6.45) is 0. The molecule has 10 heteroatoms. The van der Waals surface area contributed by atoms with Crippen molar-refractivity contribution < 1.29 is 17.9 Å². The number of amides is 1. The van der Waals surface area contributed by atoms with E-state index in [1.165, 1.54) is 9.87 Å². The van der Waals surface area contributed by atoms with Crippen LogP contribution in [0.15, 0.2) is 65.6 Å². The number of rotatable bonds is 6. The third-order valence-corrected chi connectivity index (χ3v) is 8.68. The molecule has 2 aliphatic rings. The first kappa shape index (κ1) is 26.9. The molecule has 0 spiro atoms. The van der Waals surface area contributed by atoms with Crippen LogP contribution in [0.2, 0.25) is 5.02 Å². The summed E-state index contributed by atoms with van der Waals surface area (Å²) < 4.78 is 33.1. The quantitative estimate of drug-likeness (QED) is 0.468. The highest BCUT2D eigenvalue weighted by molar-refractivity contribution is 7.89. The lowest BCUT2D eigenvalue weighted by Gasteiger charge is -2.33. The molecule has 2 fully saturated rings. The number of piperazine rings is 1. The van der Waals surface area contributed by atoms with E-state index in [0.29, 0.717) is 18.1 Å². The lowest BCUT2D eigenvalue weighted by molar-refractivity contribution is -0.134. The van der Waals surface area contributed by atoms with E-state index in [9.17, 15) is 13.2 Å².